The summed E-state index contributed by atoms with van der Waals surface area (Å²) in [5, 5.41) is 2.97. The van der Waals surface area contributed by atoms with Gasteiger partial charge >= 0.3 is 0 Å². The number of nitrogens with one attached hydrogen (secondary N) is 1. The van der Waals surface area contributed by atoms with Crippen LogP contribution in [0.2, 0.25) is 0 Å². The van der Waals surface area contributed by atoms with Crippen molar-refractivity contribution < 1.29 is 9.18 Å². The van der Waals surface area contributed by atoms with Gasteiger partial charge in [-0.3, -0.25) is 4.79 Å². The van der Waals surface area contributed by atoms with Crippen LogP contribution < -0.4 is 5.32 Å². The minimum Gasteiger partial charge on any atom is -0.350 e. The third-order valence-corrected chi connectivity index (χ3v) is 3.32. The molecule has 1 aliphatic rings. The molecule has 18 heavy (non-hydrogen) atoms. The van der Waals surface area contributed by atoms with Gasteiger partial charge in [-0.15, -0.1) is 0 Å². The highest BCUT2D eigenvalue weighted by molar-refractivity contribution is 5.91. The summed E-state index contributed by atoms with van der Waals surface area (Å²) in [6.45, 7) is 2.20. The van der Waals surface area contributed by atoms with Gasteiger partial charge < -0.3 is 5.32 Å². The van der Waals surface area contributed by atoms with E-state index in [9.17, 15) is 9.18 Å². The van der Waals surface area contributed by atoms with Crippen LogP contribution in [-0.2, 0) is 4.79 Å². The van der Waals surface area contributed by atoms with Gasteiger partial charge in [-0.1, -0.05) is 19.1 Å². The molecule has 0 spiro atoms. The number of hydrogen-bond acceptors (Lipinski definition) is 1. The zero-order valence-electron chi connectivity index (χ0n) is 10.5. The average molecular weight is 247 g/mol. The first-order chi connectivity index (χ1) is 8.63. The summed E-state index contributed by atoms with van der Waals surface area (Å²) in [6.07, 6.45) is 6.40. The molecule has 96 valence electrons. The van der Waals surface area contributed by atoms with Crippen molar-refractivity contribution in [2.45, 2.75) is 32.2 Å². The Kier molecular flexibility index (Phi) is 4.13. The summed E-state index contributed by atoms with van der Waals surface area (Å²) in [6, 6.07) is 6.49. The highest BCUT2D eigenvalue weighted by Gasteiger charge is 2.21. The predicted molar refractivity (Wildman–Crippen MR) is 70.4 cm³/mol. The Bertz CT molecular complexity index is 456. The quantitative estimate of drug-likeness (QED) is 0.817. The van der Waals surface area contributed by atoms with Gasteiger partial charge in [-0.25, -0.2) is 4.39 Å². The number of benzene rings is 1. The summed E-state index contributed by atoms with van der Waals surface area (Å²) in [4.78, 5) is 11.7. The SMILES string of the molecule is CC1CCC(NC(=O)/C=C/c2cccc(F)c2)C1. The van der Waals surface area contributed by atoms with Crippen LogP contribution in [0, 0.1) is 11.7 Å². The Hall–Kier alpha value is -1.64. The molecule has 2 nitrogen and oxygen atoms in total. The maximum atomic E-state index is 12.9. The first-order valence-electron chi connectivity index (χ1n) is 6.37. The van der Waals surface area contributed by atoms with Crippen LogP contribution in [-0.4, -0.2) is 11.9 Å². The number of halogens is 1. The van der Waals surface area contributed by atoms with E-state index in [4.69, 9.17) is 0 Å². The van der Waals surface area contributed by atoms with Crippen LogP contribution in [0.4, 0.5) is 4.39 Å². The lowest BCUT2D eigenvalue weighted by atomic mass is 10.1. The van der Waals surface area contributed by atoms with Crippen molar-refractivity contribution in [3.8, 4) is 0 Å². The molecule has 0 bridgehead atoms. The van der Waals surface area contributed by atoms with Crippen molar-refractivity contribution in [2.24, 2.45) is 5.92 Å². The highest BCUT2D eigenvalue weighted by Crippen LogP contribution is 2.24. The van der Waals surface area contributed by atoms with Crippen LogP contribution in [0.25, 0.3) is 6.08 Å². The smallest absolute Gasteiger partial charge is 0.244 e. The molecule has 0 saturated heterocycles. The molecule has 3 heteroatoms. The molecular weight excluding hydrogens is 229 g/mol. The van der Waals surface area contributed by atoms with E-state index >= 15 is 0 Å². The van der Waals surface area contributed by atoms with E-state index in [0.717, 1.165) is 12.8 Å². The summed E-state index contributed by atoms with van der Waals surface area (Å²) < 4.78 is 12.9. The Labute approximate surface area is 107 Å². The second kappa shape index (κ2) is 5.80. The molecule has 0 aromatic heterocycles. The lowest BCUT2D eigenvalue weighted by Crippen LogP contribution is -2.31. The summed E-state index contributed by atoms with van der Waals surface area (Å²) >= 11 is 0. The van der Waals surface area contributed by atoms with Gasteiger partial charge in [0.1, 0.15) is 5.82 Å². The summed E-state index contributed by atoms with van der Waals surface area (Å²) in [7, 11) is 0. The Balaban J connectivity index is 1.87. The maximum absolute atomic E-state index is 12.9. The number of hydrogen-bond donors (Lipinski definition) is 1. The molecule has 1 aliphatic carbocycles. The van der Waals surface area contributed by atoms with Gasteiger partial charge in [0.25, 0.3) is 0 Å². The Morgan fingerprint density at radius 1 is 1.44 bits per heavy atom. The fraction of sp³-hybridized carbons (Fsp3) is 0.400. The lowest BCUT2D eigenvalue weighted by Gasteiger charge is -2.09. The average Bonchev–Trinajstić information content (AvgIpc) is 2.72. The molecule has 1 fully saturated rings. The molecule has 2 rings (SSSR count). The van der Waals surface area contributed by atoms with Gasteiger partial charge in [-0.05, 0) is 49.0 Å². The van der Waals surface area contributed by atoms with Crippen molar-refractivity contribution in [1.29, 1.82) is 0 Å². The predicted octanol–water partition coefficient (Wildman–Crippen LogP) is 3.14. The van der Waals surface area contributed by atoms with Crippen LogP contribution in [0.1, 0.15) is 31.7 Å². The molecule has 1 saturated carbocycles. The van der Waals surface area contributed by atoms with E-state index in [1.807, 2.05) is 0 Å². The highest BCUT2D eigenvalue weighted by atomic mass is 19.1. The minimum absolute atomic E-state index is 0.0987. The normalized spacial score (nSPS) is 23.4. The fourth-order valence-corrected chi connectivity index (χ4v) is 2.37. The van der Waals surface area contributed by atoms with Crippen LogP contribution in [0.5, 0.6) is 0 Å². The molecule has 1 aromatic carbocycles. The van der Waals surface area contributed by atoms with Crippen molar-refractivity contribution in [3.63, 3.8) is 0 Å². The third-order valence-electron chi connectivity index (χ3n) is 3.32. The molecule has 0 aliphatic heterocycles. The molecule has 1 aromatic rings. The number of carbonyl (C=O) groups excluding carboxylic acids is 1. The summed E-state index contributed by atoms with van der Waals surface area (Å²) in [5.41, 5.74) is 0.699. The van der Waals surface area contributed by atoms with Gasteiger partial charge in [0, 0.05) is 12.1 Å². The molecule has 2 unspecified atom stereocenters. The monoisotopic (exact) mass is 247 g/mol. The van der Waals surface area contributed by atoms with Gasteiger partial charge in [0.05, 0.1) is 0 Å². The summed E-state index contributed by atoms with van der Waals surface area (Å²) in [5.74, 6) is 0.308. The second-order valence-corrected chi connectivity index (χ2v) is 5.01. The van der Waals surface area contributed by atoms with Crippen molar-refractivity contribution in [3.05, 3.63) is 41.7 Å². The zero-order chi connectivity index (χ0) is 13.0. The van der Waals surface area contributed by atoms with E-state index in [1.54, 1.807) is 18.2 Å². The largest absolute Gasteiger partial charge is 0.350 e. The molecule has 1 N–H and O–H groups in total. The van der Waals surface area contributed by atoms with Crippen LogP contribution >= 0.6 is 0 Å². The van der Waals surface area contributed by atoms with E-state index in [-0.39, 0.29) is 11.7 Å². The first kappa shape index (κ1) is 12.8. The van der Waals surface area contributed by atoms with Crippen molar-refractivity contribution >= 4 is 12.0 Å². The second-order valence-electron chi connectivity index (χ2n) is 5.01. The van der Waals surface area contributed by atoms with E-state index < -0.39 is 0 Å². The zero-order valence-corrected chi connectivity index (χ0v) is 10.5. The Morgan fingerprint density at radius 2 is 2.28 bits per heavy atom. The van der Waals surface area contributed by atoms with Crippen molar-refractivity contribution in [1.82, 2.24) is 5.32 Å². The standard InChI is InChI=1S/C15H18FNO/c1-11-5-7-14(9-11)17-15(18)8-6-12-3-2-4-13(16)10-12/h2-4,6,8,10-11,14H,5,7,9H2,1H3,(H,17,18)/b8-6+. The van der Waals surface area contributed by atoms with Gasteiger partial charge in [0.15, 0.2) is 0 Å². The molecular formula is C15H18FNO. The third kappa shape index (κ3) is 3.69. The van der Waals surface area contributed by atoms with E-state index in [2.05, 4.69) is 12.2 Å². The first-order valence-corrected chi connectivity index (χ1v) is 6.37. The van der Waals surface area contributed by atoms with Gasteiger partial charge in [-0.2, -0.15) is 0 Å². The molecule has 1 amide bonds. The Morgan fingerprint density at radius 3 is 2.94 bits per heavy atom. The van der Waals surface area contributed by atoms with Gasteiger partial charge in [0.2, 0.25) is 5.91 Å². The number of carbonyl (C=O) groups is 1. The van der Waals surface area contributed by atoms with Crippen molar-refractivity contribution in [2.75, 3.05) is 0 Å². The molecule has 2 atom stereocenters. The lowest BCUT2D eigenvalue weighted by molar-refractivity contribution is -0.117. The molecule has 0 radical (unpaired) electrons. The van der Waals surface area contributed by atoms with Crippen LogP contribution in [0.15, 0.2) is 30.3 Å². The number of amides is 1. The van der Waals surface area contributed by atoms with Crippen LogP contribution in [0.3, 0.4) is 0 Å². The number of rotatable bonds is 3. The maximum Gasteiger partial charge on any atom is 0.244 e. The fourth-order valence-electron chi connectivity index (χ4n) is 2.37. The van der Waals surface area contributed by atoms with E-state index in [1.165, 1.54) is 24.6 Å². The van der Waals surface area contributed by atoms with E-state index in [0.29, 0.717) is 17.5 Å². The minimum atomic E-state index is -0.290. The topological polar surface area (TPSA) is 29.1 Å². The molecule has 0 heterocycles.